The first kappa shape index (κ1) is 25.9. The van der Waals surface area contributed by atoms with Gasteiger partial charge < -0.3 is 15.0 Å². The number of nitrogens with one attached hydrogen (secondary N) is 1. The second-order valence-corrected chi connectivity index (χ2v) is 13.5. The number of allylic oxidation sites excluding steroid dienone is 4. The number of aromatic nitrogens is 2. The molecule has 2 unspecified atom stereocenters. The summed E-state index contributed by atoms with van der Waals surface area (Å²) in [5.41, 5.74) is 3.74. The number of H-pyrrole nitrogens is 1. The van der Waals surface area contributed by atoms with Crippen LogP contribution in [0, 0.1) is 11.3 Å². The predicted molar refractivity (Wildman–Crippen MR) is 168 cm³/mol. The molecule has 5 nitrogen and oxygen atoms in total. The van der Waals surface area contributed by atoms with Gasteiger partial charge in [-0.05, 0) is 114 Å². The average molecular weight is 549 g/mol. The van der Waals surface area contributed by atoms with Crippen LogP contribution in [0.4, 0.5) is 0 Å². The molecule has 2 saturated heterocycles. The molecule has 5 aliphatic rings. The third-order valence-corrected chi connectivity index (χ3v) is 11.2. The highest BCUT2D eigenvalue weighted by atomic mass is 16.3. The second kappa shape index (κ2) is 10.2. The van der Waals surface area contributed by atoms with Crippen LogP contribution < -0.4 is 0 Å². The van der Waals surface area contributed by atoms with Crippen molar-refractivity contribution in [1.29, 1.82) is 0 Å². The smallest absolute Gasteiger partial charge is 0.0998 e. The molecular weight excluding hydrogens is 504 g/mol. The lowest BCUT2D eigenvalue weighted by Crippen LogP contribution is -2.65. The number of hydrogen-bond acceptors (Lipinski definition) is 4. The Morgan fingerprint density at radius 3 is 2.71 bits per heavy atom. The molecule has 41 heavy (non-hydrogen) atoms. The number of piperidine rings is 1. The molecule has 0 radical (unpaired) electrons. The average Bonchev–Trinajstić information content (AvgIpc) is 3.49. The number of pyridine rings is 1. The molecule has 6 heterocycles. The molecule has 2 N–H and O–H groups in total. The van der Waals surface area contributed by atoms with Crippen LogP contribution in [0.15, 0.2) is 66.9 Å². The highest BCUT2D eigenvalue weighted by molar-refractivity contribution is 6.09. The summed E-state index contributed by atoms with van der Waals surface area (Å²) in [5, 5.41) is 15.5. The predicted octanol–water partition coefficient (Wildman–Crippen LogP) is 6.86. The summed E-state index contributed by atoms with van der Waals surface area (Å²) in [5.74, 6) is 0.385. The van der Waals surface area contributed by atoms with Gasteiger partial charge in [0.05, 0.1) is 22.9 Å². The zero-order chi connectivity index (χ0) is 27.4. The summed E-state index contributed by atoms with van der Waals surface area (Å²) in [6, 6.07) is 11.3. The summed E-state index contributed by atoms with van der Waals surface area (Å²) < 4.78 is 0. The van der Waals surface area contributed by atoms with Crippen LogP contribution in [-0.4, -0.2) is 68.7 Å². The number of para-hydroxylation sites is 1. The molecular formula is C36H44N4O. The molecule has 1 aromatic carbocycles. The minimum absolute atomic E-state index is 0.00403. The molecule has 4 aliphatic heterocycles. The number of aliphatic hydroxyl groups is 1. The van der Waals surface area contributed by atoms with E-state index in [2.05, 4.69) is 75.5 Å². The van der Waals surface area contributed by atoms with E-state index in [0.29, 0.717) is 12.0 Å². The molecule has 5 heteroatoms. The summed E-state index contributed by atoms with van der Waals surface area (Å²) in [6.45, 7) is 4.47. The molecule has 2 fully saturated rings. The van der Waals surface area contributed by atoms with E-state index in [4.69, 9.17) is 4.98 Å². The largest absolute Gasteiger partial charge is 0.384 e. The van der Waals surface area contributed by atoms with E-state index < -0.39 is 5.60 Å². The number of fused-ring (bicyclic) bond motifs is 5. The molecule has 2 aromatic heterocycles. The fraction of sp³-hybridized carbons (Fsp3) is 0.528. The lowest BCUT2D eigenvalue weighted by Gasteiger charge is -2.58. The van der Waals surface area contributed by atoms with Gasteiger partial charge >= 0.3 is 0 Å². The SMILES string of the molecule is O[C@]12C=C(c3nccc4c3[nH]c3ccccc34)[C@@H]3CCN(CCCC/C=C\CC1)CC31C[C@@H]3/C=C\CCCCN3[C@H]12. The van der Waals surface area contributed by atoms with Crippen LogP contribution in [-0.2, 0) is 0 Å². The normalized spacial score (nSPS) is 37.6. The van der Waals surface area contributed by atoms with E-state index in [9.17, 15) is 5.11 Å². The maximum Gasteiger partial charge on any atom is 0.0998 e. The molecule has 214 valence electrons. The lowest BCUT2D eigenvalue weighted by molar-refractivity contribution is -0.0894. The van der Waals surface area contributed by atoms with Gasteiger partial charge in [0.25, 0.3) is 0 Å². The zero-order valence-corrected chi connectivity index (χ0v) is 24.3. The molecule has 3 bridgehead atoms. The van der Waals surface area contributed by atoms with E-state index in [-0.39, 0.29) is 11.5 Å². The van der Waals surface area contributed by atoms with Gasteiger partial charge in [-0.2, -0.15) is 0 Å². The van der Waals surface area contributed by atoms with Gasteiger partial charge in [-0.3, -0.25) is 9.88 Å². The Labute approximate surface area is 244 Å². The van der Waals surface area contributed by atoms with Crippen molar-refractivity contribution in [1.82, 2.24) is 19.8 Å². The van der Waals surface area contributed by atoms with Crippen LogP contribution in [0.3, 0.4) is 0 Å². The van der Waals surface area contributed by atoms with Gasteiger partial charge in [-0.25, -0.2) is 0 Å². The summed E-state index contributed by atoms with van der Waals surface area (Å²) in [7, 11) is 0. The zero-order valence-electron chi connectivity index (χ0n) is 24.3. The number of hydrogen-bond donors (Lipinski definition) is 2. The van der Waals surface area contributed by atoms with Crippen molar-refractivity contribution in [2.75, 3.05) is 26.2 Å². The van der Waals surface area contributed by atoms with E-state index >= 15 is 0 Å². The Bertz CT molecular complexity index is 1530. The van der Waals surface area contributed by atoms with Crippen molar-refractivity contribution in [2.45, 2.75) is 81.9 Å². The highest BCUT2D eigenvalue weighted by Gasteiger charge is 2.65. The number of rotatable bonds is 1. The van der Waals surface area contributed by atoms with Crippen LogP contribution >= 0.6 is 0 Å². The van der Waals surface area contributed by atoms with Crippen LogP contribution in [0.1, 0.15) is 69.9 Å². The number of benzene rings is 1. The topological polar surface area (TPSA) is 55.4 Å². The van der Waals surface area contributed by atoms with Gasteiger partial charge in [0.2, 0.25) is 0 Å². The summed E-state index contributed by atoms with van der Waals surface area (Å²) in [6.07, 6.45) is 25.2. The van der Waals surface area contributed by atoms with Crippen molar-refractivity contribution in [3.63, 3.8) is 0 Å². The summed E-state index contributed by atoms with van der Waals surface area (Å²) in [4.78, 5) is 14.4. The monoisotopic (exact) mass is 548 g/mol. The number of aromatic amines is 1. The third kappa shape index (κ3) is 4.18. The first-order valence-electron chi connectivity index (χ1n) is 16.3. The van der Waals surface area contributed by atoms with Crippen molar-refractivity contribution >= 4 is 27.4 Å². The molecule has 6 atom stereocenters. The Morgan fingerprint density at radius 2 is 1.76 bits per heavy atom. The van der Waals surface area contributed by atoms with Crippen molar-refractivity contribution < 1.29 is 5.11 Å². The Morgan fingerprint density at radius 1 is 0.902 bits per heavy atom. The molecule has 1 spiro atoms. The Hall–Kier alpha value is -2.73. The van der Waals surface area contributed by atoms with E-state index in [1.165, 1.54) is 55.0 Å². The van der Waals surface area contributed by atoms with Gasteiger partial charge in [-0.1, -0.05) is 42.5 Å². The van der Waals surface area contributed by atoms with Gasteiger partial charge in [-0.15, -0.1) is 0 Å². The van der Waals surface area contributed by atoms with Crippen molar-refractivity contribution in [2.24, 2.45) is 11.3 Å². The maximum atomic E-state index is 13.1. The van der Waals surface area contributed by atoms with Crippen LogP contribution in [0.2, 0.25) is 0 Å². The van der Waals surface area contributed by atoms with Gasteiger partial charge in [0.1, 0.15) is 0 Å². The van der Waals surface area contributed by atoms with Crippen molar-refractivity contribution in [3.05, 3.63) is 72.6 Å². The second-order valence-electron chi connectivity index (χ2n) is 13.5. The van der Waals surface area contributed by atoms with Crippen molar-refractivity contribution in [3.8, 4) is 0 Å². The van der Waals surface area contributed by atoms with Gasteiger partial charge in [0.15, 0.2) is 0 Å². The fourth-order valence-corrected chi connectivity index (χ4v) is 9.59. The molecule has 8 rings (SSSR count). The van der Waals surface area contributed by atoms with E-state index in [0.717, 1.165) is 68.5 Å². The molecule has 1 aliphatic carbocycles. The molecule has 0 amide bonds. The first-order valence-corrected chi connectivity index (χ1v) is 16.3. The first-order chi connectivity index (χ1) is 20.2. The number of nitrogens with zero attached hydrogens (tertiary/aromatic N) is 3. The van der Waals surface area contributed by atoms with Crippen LogP contribution in [0.25, 0.3) is 27.4 Å². The Balaban J connectivity index is 1.35. The highest BCUT2D eigenvalue weighted by Crippen LogP contribution is 2.61. The minimum atomic E-state index is -0.898. The lowest BCUT2D eigenvalue weighted by atomic mass is 9.54. The quantitative estimate of drug-likeness (QED) is 0.326. The minimum Gasteiger partial charge on any atom is -0.384 e. The maximum absolute atomic E-state index is 13.1. The third-order valence-electron chi connectivity index (χ3n) is 11.2. The van der Waals surface area contributed by atoms with Gasteiger partial charge in [0, 0.05) is 40.5 Å². The summed E-state index contributed by atoms with van der Waals surface area (Å²) >= 11 is 0. The van der Waals surface area contributed by atoms with E-state index in [1.54, 1.807) is 0 Å². The fourth-order valence-electron chi connectivity index (χ4n) is 9.59. The Kier molecular flexibility index (Phi) is 6.46. The van der Waals surface area contributed by atoms with E-state index in [1.807, 2.05) is 6.20 Å². The molecule has 0 saturated carbocycles. The van der Waals surface area contributed by atoms with Crippen LogP contribution in [0.5, 0.6) is 0 Å². The molecule has 3 aromatic rings. The standard InChI is InChI=1S/C36H44N4O/c41-36-18-10-4-1-2-5-11-20-39-22-17-30(35(25-39)23-26-13-7-3-6-12-21-40(26)34(35)36)29(24-36)32-33-28(16-19-37-32)27-14-8-9-15-31(27)38-33/h1,4,7-9,13-16,19,24,26,30,34,38,41H,2-3,5-6,10-12,17-18,20-23,25H2/b4-1-,13-7-/t26-,30-,34+,35?,36-/m0/s1.